The van der Waals surface area contributed by atoms with Crippen molar-refractivity contribution in [2.45, 2.75) is 12.8 Å². The summed E-state index contributed by atoms with van der Waals surface area (Å²) in [5.41, 5.74) is 5.78. The SMILES string of the molecule is N#CCCNC(=O)c1cccc(-c2ccc3c(c2)N(c2cccc(Cl)c2Cl)CC3)c1. The highest BCUT2D eigenvalue weighted by molar-refractivity contribution is 6.43. The molecule has 0 unspecified atom stereocenters. The standard InChI is InChI=1S/C24H19Cl2N3O/c25-20-6-2-7-21(23(20)26)29-13-10-16-8-9-18(15-22(16)29)17-4-1-5-19(14-17)24(30)28-12-3-11-27/h1-2,4-9,14-15H,3,10,12-13H2,(H,28,30). The normalized spacial score (nSPS) is 12.4. The van der Waals surface area contributed by atoms with Crippen LogP contribution in [0.2, 0.25) is 10.0 Å². The highest BCUT2D eigenvalue weighted by atomic mass is 35.5. The first-order valence-corrected chi connectivity index (χ1v) is 10.4. The number of hydrogen-bond acceptors (Lipinski definition) is 3. The number of anilines is 2. The molecule has 30 heavy (non-hydrogen) atoms. The summed E-state index contributed by atoms with van der Waals surface area (Å²) in [5.74, 6) is -0.180. The second-order valence-electron chi connectivity index (χ2n) is 7.06. The van der Waals surface area contributed by atoms with Crippen molar-refractivity contribution < 1.29 is 4.79 Å². The molecular weight excluding hydrogens is 417 g/mol. The zero-order chi connectivity index (χ0) is 21.1. The number of amides is 1. The zero-order valence-electron chi connectivity index (χ0n) is 16.2. The van der Waals surface area contributed by atoms with Gasteiger partial charge in [-0.1, -0.05) is 53.5 Å². The fraction of sp³-hybridized carbons (Fsp3) is 0.167. The topological polar surface area (TPSA) is 56.1 Å². The number of nitrogens with zero attached hydrogens (tertiary/aromatic N) is 2. The smallest absolute Gasteiger partial charge is 0.251 e. The van der Waals surface area contributed by atoms with E-state index >= 15 is 0 Å². The first kappa shape index (κ1) is 20.3. The van der Waals surface area contributed by atoms with E-state index in [4.69, 9.17) is 28.5 Å². The summed E-state index contributed by atoms with van der Waals surface area (Å²) >= 11 is 12.7. The maximum Gasteiger partial charge on any atom is 0.251 e. The van der Waals surface area contributed by atoms with Gasteiger partial charge in [0.05, 0.1) is 28.2 Å². The summed E-state index contributed by atoms with van der Waals surface area (Å²) < 4.78 is 0. The first-order valence-electron chi connectivity index (χ1n) is 9.68. The second-order valence-corrected chi connectivity index (χ2v) is 7.85. The Balaban J connectivity index is 1.65. The molecule has 1 heterocycles. The third kappa shape index (κ3) is 4.00. The molecule has 0 aliphatic carbocycles. The van der Waals surface area contributed by atoms with E-state index in [1.165, 1.54) is 5.56 Å². The molecule has 150 valence electrons. The molecule has 1 amide bonds. The molecule has 4 rings (SSSR count). The lowest BCUT2D eigenvalue weighted by Gasteiger charge is -2.22. The van der Waals surface area contributed by atoms with E-state index in [1.54, 1.807) is 12.1 Å². The Morgan fingerprint density at radius 1 is 1.03 bits per heavy atom. The van der Waals surface area contributed by atoms with Gasteiger partial charge in [0.1, 0.15) is 0 Å². The van der Waals surface area contributed by atoms with Gasteiger partial charge in [-0.3, -0.25) is 4.79 Å². The van der Waals surface area contributed by atoms with E-state index in [0.29, 0.717) is 22.2 Å². The monoisotopic (exact) mass is 435 g/mol. The predicted molar refractivity (Wildman–Crippen MR) is 122 cm³/mol. The van der Waals surface area contributed by atoms with Crippen LogP contribution in [-0.2, 0) is 6.42 Å². The van der Waals surface area contributed by atoms with Crippen LogP contribution >= 0.6 is 23.2 Å². The number of hydrogen-bond donors (Lipinski definition) is 1. The molecule has 1 aliphatic rings. The van der Waals surface area contributed by atoms with E-state index in [-0.39, 0.29) is 12.3 Å². The molecule has 0 spiro atoms. The maximum absolute atomic E-state index is 12.3. The largest absolute Gasteiger partial charge is 0.351 e. The molecule has 1 N–H and O–H groups in total. The second kappa shape index (κ2) is 8.79. The summed E-state index contributed by atoms with van der Waals surface area (Å²) in [4.78, 5) is 14.5. The summed E-state index contributed by atoms with van der Waals surface area (Å²) in [6.07, 6.45) is 1.22. The Hall–Kier alpha value is -3.00. The van der Waals surface area contributed by atoms with Crippen LogP contribution in [0, 0.1) is 11.3 Å². The molecule has 0 saturated carbocycles. The van der Waals surface area contributed by atoms with Crippen LogP contribution in [0.3, 0.4) is 0 Å². The van der Waals surface area contributed by atoms with Crippen molar-refractivity contribution in [1.82, 2.24) is 5.32 Å². The van der Waals surface area contributed by atoms with E-state index in [2.05, 4.69) is 28.4 Å². The van der Waals surface area contributed by atoms with E-state index in [0.717, 1.165) is 35.5 Å². The Morgan fingerprint density at radius 2 is 1.83 bits per heavy atom. The minimum atomic E-state index is -0.180. The maximum atomic E-state index is 12.3. The fourth-order valence-electron chi connectivity index (χ4n) is 3.68. The van der Waals surface area contributed by atoms with Crippen LogP contribution in [0.15, 0.2) is 60.7 Å². The Labute approximate surface area is 185 Å². The van der Waals surface area contributed by atoms with Gasteiger partial charge in [0.2, 0.25) is 0 Å². The lowest BCUT2D eigenvalue weighted by Crippen LogP contribution is -2.24. The number of nitriles is 1. The molecule has 3 aromatic rings. The van der Waals surface area contributed by atoms with Crippen LogP contribution in [0.1, 0.15) is 22.3 Å². The summed E-state index contributed by atoms with van der Waals surface area (Å²) in [7, 11) is 0. The van der Waals surface area contributed by atoms with Crippen LogP contribution in [0.25, 0.3) is 11.1 Å². The Kier molecular flexibility index (Phi) is 5.94. The molecule has 0 saturated heterocycles. The van der Waals surface area contributed by atoms with Crippen molar-refractivity contribution in [2.24, 2.45) is 0 Å². The van der Waals surface area contributed by atoms with Gasteiger partial charge < -0.3 is 10.2 Å². The summed E-state index contributed by atoms with van der Waals surface area (Å²) in [5, 5.41) is 12.5. The summed E-state index contributed by atoms with van der Waals surface area (Å²) in [6.45, 7) is 1.17. The van der Waals surface area contributed by atoms with Gasteiger partial charge in [-0.15, -0.1) is 0 Å². The van der Waals surface area contributed by atoms with Gasteiger partial charge >= 0.3 is 0 Å². The third-order valence-corrected chi connectivity index (χ3v) is 5.99. The highest BCUT2D eigenvalue weighted by Gasteiger charge is 2.23. The van der Waals surface area contributed by atoms with Crippen molar-refractivity contribution in [2.75, 3.05) is 18.0 Å². The van der Waals surface area contributed by atoms with Gasteiger partial charge in [-0.25, -0.2) is 0 Å². The molecule has 1 aliphatic heterocycles. The average molecular weight is 436 g/mol. The Morgan fingerprint density at radius 3 is 2.67 bits per heavy atom. The third-order valence-electron chi connectivity index (χ3n) is 5.18. The minimum absolute atomic E-state index is 0.180. The molecule has 6 heteroatoms. The minimum Gasteiger partial charge on any atom is -0.351 e. The number of benzene rings is 3. The molecular formula is C24H19Cl2N3O. The van der Waals surface area contributed by atoms with Crippen molar-refractivity contribution in [3.05, 3.63) is 81.8 Å². The number of nitrogens with one attached hydrogen (secondary N) is 1. The lowest BCUT2D eigenvalue weighted by atomic mass is 10.00. The van der Waals surface area contributed by atoms with Crippen molar-refractivity contribution in [1.29, 1.82) is 5.26 Å². The average Bonchev–Trinajstić information content (AvgIpc) is 3.19. The van der Waals surface area contributed by atoms with E-state index in [9.17, 15) is 4.79 Å². The van der Waals surface area contributed by atoms with Gasteiger partial charge in [0.25, 0.3) is 5.91 Å². The Bertz CT molecular complexity index is 1150. The molecule has 0 atom stereocenters. The number of carbonyl (C=O) groups excluding carboxylic acids is 1. The lowest BCUT2D eigenvalue weighted by molar-refractivity contribution is 0.0954. The molecule has 3 aromatic carbocycles. The number of carbonyl (C=O) groups is 1. The predicted octanol–water partition coefficient (Wildman–Crippen LogP) is 6.00. The molecule has 0 bridgehead atoms. The van der Waals surface area contributed by atoms with Crippen molar-refractivity contribution in [3.63, 3.8) is 0 Å². The number of halogens is 2. The molecule has 4 nitrogen and oxygen atoms in total. The van der Waals surface area contributed by atoms with Gasteiger partial charge in [-0.05, 0) is 53.4 Å². The van der Waals surface area contributed by atoms with Crippen molar-refractivity contribution in [3.8, 4) is 17.2 Å². The van der Waals surface area contributed by atoms with Crippen molar-refractivity contribution >= 4 is 40.5 Å². The highest BCUT2D eigenvalue weighted by Crippen LogP contribution is 2.42. The zero-order valence-corrected chi connectivity index (χ0v) is 17.7. The fourth-order valence-corrected chi connectivity index (χ4v) is 4.08. The van der Waals surface area contributed by atoms with Crippen LogP contribution in [0.5, 0.6) is 0 Å². The first-order chi connectivity index (χ1) is 14.6. The van der Waals surface area contributed by atoms with Crippen LogP contribution in [0.4, 0.5) is 11.4 Å². The van der Waals surface area contributed by atoms with Crippen LogP contribution in [-0.4, -0.2) is 19.0 Å². The van der Waals surface area contributed by atoms with Gasteiger partial charge in [0.15, 0.2) is 0 Å². The van der Waals surface area contributed by atoms with Gasteiger partial charge in [0, 0.05) is 24.3 Å². The van der Waals surface area contributed by atoms with E-state index in [1.807, 2.05) is 36.4 Å². The summed E-state index contributed by atoms with van der Waals surface area (Å²) in [6, 6.07) is 21.5. The molecule has 0 fully saturated rings. The quantitative estimate of drug-likeness (QED) is 0.500. The molecule has 0 radical (unpaired) electrons. The van der Waals surface area contributed by atoms with Crippen LogP contribution < -0.4 is 10.2 Å². The number of fused-ring (bicyclic) bond motifs is 1. The van der Waals surface area contributed by atoms with E-state index < -0.39 is 0 Å². The van der Waals surface area contributed by atoms with Gasteiger partial charge in [-0.2, -0.15) is 5.26 Å². The molecule has 0 aromatic heterocycles. The number of rotatable bonds is 5.